The van der Waals surface area contributed by atoms with Crippen molar-refractivity contribution in [2.75, 3.05) is 46.0 Å². The first kappa shape index (κ1) is 22.1. The third-order valence-electron chi connectivity index (χ3n) is 7.32. The molecule has 3 saturated heterocycles. The van der Waals surface area contributed by atoms with E-state index in [4.69, 9.17) is 14.0 Å². The molecule has 8 nitrogen and oxygen atoms in total. The number of carbonyl (C=O) groups excluding carboxylic acids is 2. The number of amides is 2. The highest BCUT2D eigenvalue weighted by molar-refractivity contribution is 5.97. The van der Waals surface area contributed by atoms with Gasteiger partial charge in [0.2, 0.25) is 0 Å². The lowest BCUT2D eigenvalue weighted by Gasteiger charge is -2.42. The molecule has 176 valence electrons. The van der Waals surface area contributed by atoms with Crippen molar-refractivity contribution < 1.29 is 23.6 Å². The fourth-order valence-corrected chi connectivity index (χ4v) is 5.53. The Morgan fingerprint density at radius 2 is 1.91 bits per heavy atom. The molecule has 3 aliphatic heterocycles. The molecule has 2 aromatic rings. The zero-order chi connectivity index (χ0) is 23.0. The van der Waals surface area contributed by atoms with Crippen LogP contribution in [-0.2, 0) is 14.3 Å². The number of aryl methyl sites for hydroxylation is 2. The van der Waals surface area contributed by atoms with E-state index in [0.29, 0.717) is 49.2 Å². The van der Waals surface area contributed by atoms with Crippen LogP contribution in [0, 0.1) is 19.8 Å². The van der Waals surface area contributed by atoms with E-state index in [1.165, 1.54) is 0 Å². The minimum absolute atomic E-state index is 0.0147. The lowest BCUT2D eigenvalue weighted by molar-refractivity contribution is -0.160. The van der Waals surface area contributed by atoms with Gasteiger partial charge in [-0.2, -0.15) is 0 Å². The maximum absolute atomic E-state index is 13.9. The zero-order valence-electron chi connectivity index (χ0n) is 19.3. The molecule has 3 fully saturated rings. The number of carbonyl (C=O) groups is 2. The quantitative estimate of drug-likeness (QED) is 0.707. The van der Waals surface area contributed by atoms with Gasteiger partial charge >= 0.3 is 0 Å². The predicted octanol–water partition coefficient (Wildman–Crippen LogP) is 2.56. The van der Waals surface area contributed by atoms with E-state index in [2.05, 4.69) is 17.3 Å². The minimum Gasteiger partial charge on any atom is -0.381 e. The number of nitrogens with zero attached hydrogens (tertiary/aromatic N) is 3. The van der Waals surface area contributed by atoms with Crippen molar-refractivity contribution in [3.05, 3.63) is 52.9 Å². The van der Waals surface area contributed by atoms with Crippen LogP contribution in [0.2, 0.25) is 0 Å². The Morgan fingerprint density at radius 1 is 1.15 bits per heavy atom. The Balaban J connectivity index is 1.45. The largest absolute Gasteiger partial charge is 0.381 e. The molecule has 1 spiro atoms. The SMILES string of the molecule is Cc1noc(C)c1C(=O)N1CCO[C@]2(C1)C(=O)N(CC1CCOCC1)C[C@@H]2c1ccccc1. The monoisotopic (exact) mass is 453 g/mol. The van der Waals surface area contributed by atoms with Crippen LogP contribution in [0.5, 0.6) is 0 Å². The normalized spacial score (nSPS) is 26.4. The van der Waals surface area contributed by atoms with Crippen molar-refractivity contribution >= 4 is 11.8 Å². The molecule has 1 aromatic heterocycles. The van der Waals surface area contributed by atoms with Gasteiger partial charge in [0.05, 0.1) is 18.8 Å². The molecule has 4 heterocycles. The van der Waals surface area contributed by atoms with Crippen molar-refractivity contribution in [1.82, 2.24) is 15.0 Å². The molecule has 0 radical (unpaired) electrons. The van der Waals surface area contributed by atoms with E-state index < -0.39 is 5.60 Å². The summed E-state index contributed by atoms with van der Waals surface area (Å²) in [5.74, 6) is 0.608. The molecule has 0 N–H and O–H groups in total. The summed E-state index contributed by atoms with van der Waals surface area (Å²) < 4.78 is 17.1. The molecule has 2 atom stereocenters. The van der Waals surface area contributed by atoms with Crippen LogP contribution in [0.1, 0.15) is 46.1 Å². The fourth-order valence-electron chi connectivity index (χ4n) is 5.53. The van der Waals surface area contributed by atoms with Crippen molar-refractivity contribution in [2.24, 2.45) is 5.92 Å². The summed E-state index contributed by atoms with van der Waals surface area (Å²) >= 11 is 0. The molecule has 0 aliphatic carbocycles. The zero-order valence-corrected chi connectivity index (χ0v) is 19.3. The van der Waals surface area contributed by atoms with Gasteiger partial charge < -0.3 is 23.8 Å². The van der Waals surface area contributed by atoms with Crippen molar-refractivity contribution in [3.63, 3.8) is 0 Å². The summed E-state index contributed by atoms with van der Waals surface area (Å²) in [7, 11) is 0. The topological polar surface area (TPSA) is 85.1 Å². The Hall–Kier alpha value is -2.71. The molecule has 0 bridgehead atoms. The number of rotatable bonds is 4. The number of ether oxygens (including phenoxy) is 2. The molecule has 1 aromatic carbocycles. The van der Waals surface area contributed by atoms with E-state index in [1.807, 2.05) is 23.1 Å². The van der Waals surface area contributed by atoms with Crippen LogP contribution in [0.3, 0.4) is 0 Å². The van der Waals surface area contributed by atoms with E-state index in [9.17, 15) is 9.59 Å². The molecule has 2 amide bonds. The summed E-state index contributed by atoms with van der Waals surface area (Å²) in [6.07, 6.45) is 1.93. The average molecular weight is 454 g/mol. The Bertz CT molecular complexity index is 997. The summed E-state index contributed by atoms with van der Waals surface area (Å²) in [4.78, 5) is 31.0. The first-order valence-corrected chi connectivity index (χ1v) is 11.8. The van der Waals surface area contributed by atoms with Gasteiger partial charge in [0, 0.05) is 38.8 Å². The molecular weight excluding hydrogens is 422 g/mol. The second-order valence-corrected chi connectivity index (χ2v) is 9.39. The molecule has 3 aliphatic rings. The first-order valence-electron chi connectivity index (χ1n) is 11.8. The van der Waals surface area contributed by atoms with Crippen molar-refractivity contribution in [2.45, 2.75) is 38.2 Å². The van der Waals surface area contributed by atoms with Gasteiger partial charge in [-0.3, -0.25) is 9.59 Å². The highest BCUT2D eigenvalue weighted by atomic mass is 16.5. The predicted molar refractivity (Wildman–Crippen MR) is 120 cm³/mol. The van der Waals surface area contributed by atoms with Gasteiger partial charge in [0.25, 0.3) is 11.8 Å². The Labute approximate surface area is 193 Å². The number of likely N-dealkylation sites (tertiary alicyclic amines) is 1. The summed E-state index contributed by atoms with van der Waals surface area (Å²) in [5, 5.41) is 3.94. The minimum atomic E-state index is -1.08. The molecule has 33 heavy (non-hydrogen) atoms. The number of morpholine rings is 1. The van der Waals surface area contributed by atoms with Crippen LogP contribution in [-0.4, -0.2) is 78.4 Å². The van der Waals surface area contributed by atoms with E-state index in [-0.39, 0.29) is 24.3 Å². The Kier molecular flexibility index (Phi) is 5.97. The van der Waals surface area contributed by atoms with E-state index in [1.54, 1.807) is 18.7 Å². The van der Waals surface area contributed by atoms with E-state index >= 15 is 0 Å². The number of aromatic nitrogens is 1. The fraction of sp³-hybridized carbons (Fsp3) is 0.560. The van der Waals surface area contributed by atoms with Crippen LogP contribution in [0.4, 0.5) is 0 Å². The number of hydrogen-bond acceptors (Lipinski definition) is 6. The molecule has 0 saturated carbocycles. The smallest absolute Gasteiger partial charge is 0.259 e. The van der Waals surface area contributed by atoms with Gasteiger partial charge in [-0.05, 0) is 38.2 Å². The van der Waals surface area contributed by atoms with E-state index in [0.717, 1.165) is 31.6 Å². The second kappa shape index (κ2) is 8.91. The Morgan fingerprint density at radius 3 is 2.61 bits per heavy atom. The van der Waals surface area contributed by atoms with Crippen LogP contribution >= 0.6 is 0 Å². The standard InChI is InChI=1S/C25H31N3O5/c1-17-22(18(2)33-26-17)23(29)27-10-13-32-25(16-27)21(20-6-4-3-5-7-20)15-28(24(25)30)14-19-8-11-31-12-9-19/h3-7,19,21H,8-16H2,1-2H3/t21-,25+/m1/s1. The molecule has 0 unspecified atom stereocenters. The van der Waals surface area contributed by atoms with Gasteiger partial charge in [-0.25, -0.2) is 0 Å². The van der Waals surface area contributed by atoms with Gasteiger partial charge in [-0.15, -0.1) is 0 Å². The van der Waals surface area contributed by atoms with Gasteiger partial charge in [-0.1, -0.05) is 35.5 Å². The highest BCUT2D eigenvalue weighted by Gasteiger charge is 2.58. The maximum Gasteiger partial charge on any atom is 0.259 e. The van der Waals surface area contributed by atoms with Gasteiger partial charge in [0.15, 0.2) is 5.60 Å². The summed E-state index contributed by atoms with van der Waals surface area (Å²) in [5.41, 5.74) is 1.02. The lowest BCUT2D eigenvalue weighted by atomic mass is 9.83. The van der Waals surface area contributed by atoms with Crippen LogP contribution < -0.4 is 0 Å². The van der Waals surface area contributed by atoms with Crippen molar-refractivity contribution in [3.8, 4) is 0 Å². The van der Waals surface area contributed by atoms with Crippen LogP contribution in [0.15, 0.2) is 34.9 Å². The average Bonchev–Trinajstić information content (AvgIpc) is 3.31. The molecule has 5 rings (SSSR count). The summed E-state index contributed by atoms with van der Waals surface area (Å²) in [6.45, 7) is 7.26. The first-order chi connectivity index (χ1) is 16.0. The third kappa shape index (κ3) is 3.95. The lowest BCUT2D eigenvalue weighted by Crippen LogP contribution is -2.59. The van der Waals surface area contributed by atoms with Gasteiger partial charge in [0.1, 0.15) is 11.3 Å². The van der Waals surface area contributed by atoms with Crippen LogP contribution in [0.25, 0.3) is 0 Å². The van der Waals surface area contributed by atoms with Crippen molar-refractivity contribution in [1.29, 1.82) is 0 Å². The molecular formula is C25H31N3O5. The third-order valence-corrected chi connectivity index (χ3v) is 7.32. The number of benzene rings is 1. The molecule has 8 heteroatoms. The maximum atomic E-state index is 13.9. The highest BCUT2D eigenvalue weighted by Crippen LogP contribution is 2.43. The number of hydrogen-bond donors (Lipinski definition) is 0. The second-order valence-electron chi connectivity index (χ2n) is 9.39. The summed E-state index contributed by atoms with van der Waals surface area (Å²) in [6, 6.07) is 10.1.